The van der Waals surface area contributed by atoms with Crippen LogP contribution in [0.25, 0.3) is 11.4 Å². The van der Waals surface area contributed by atoms with E-state index in [9.17, 15) is 0 Å². The van der Waals surface area contributed by atoms with Crippen molar-refractivity contribution in [3.63, 3.8) is 0 Å². The molecule has 0 radical (unpaired) electrons. The summed E-state index contributed by atoms with van der Waals surface area (Å²) in [6, 6.07) is 12.0. The molecule has 3 aromatic rings. The van der Waals surface area contributed by atoms with Gasteiger partial charge in [-0.25, -0.2) is 0 Å². The summed E-state index contributed by atoms with van der Waals surface area (Å²) in [7, 11) is 0. The highest BCUT2D eigenvalue weighted by atomic mass is 16.5. The van der Waals surface area contributed by atoms with E-state index in [-0.39, 0.29) is 5.92 Å². The SMILES string of the molecule is c1cncc(-c2noc(C3CNc4ccccc43)n2)c1. The molecule has 0 aliphatic carbocycles. The molecule has 98 valence electrons. The molecule has 0 saturated carbocycles. The summed E-state index contributed by atoms with van der Waals surface area (Å²) >= 11 is 0. The van der Waals surface area contributed by atoms with Crippen LogP contribution in [-0.4, -0.2) is 21.7 Å². The van der Waals surface area contributed by atoms with Crippen molar-refractivity contribution in [1.29, 1.82) is 0 Å². The summed E-state index contributed by atoms with van der Waals surface area (Å²) in [6.45, 7) is 0.786. The van der Waals surface area contributed by atoms with Crippen LogP contribution in [0.4, 0.5) is 5.69 Å². The Balaban J connectivity index is 1.70. The van der Waals surface area contributed by atoms with Crippen molar-refractivity contribution < 1.29 is 4.52 Å². The van der Waals surface area contributed by atoms with Gasteiger partial charge in [-0.2, -0.15) is 4.98 Å². The average molecular weight is 264 g/mol. The zero-order chi connectivity index (χ0) is 13.4. The van der Waals surface area contributed by atoms with Crippen molar-refractivity contribution in [3.05, 3.63) is 60.2 Å². The van der Waals surface area contributed by atoms with Gasteiger partial charge in [-0.3, -0.25) is 4.98 Å². The molecular formula is C15H12N4O. The van der Waals surface area contributed by atoms with Gasteiger partial charge in [-0.1, -0.05) is 23.4 Å². The normalized spacial score (nSPS) is 16.7. The van der Waals surface area contributed by atoms with E-state index in [1.165, 1.54) is 5.56 Å². The fraction of sp³-hybridized carbons (Fsp3) is 0.133. The summed E-state index contributed by atoms with van der Waals surface area (Å²) in [4.78, 5) is 8.57. The number of fused-ring (bicyclic) bond motifs is 1. The zero-order valence-corrected chi connectivity index (χ0v) is 10.7. The van der Waals surface area contributed by atoms with Crippen LogP contribution >= 0.6 is 0 Å². The van der Waals surface area contributed by atoms with Gasteiger partial charge < -0.3 is 9.84 Å². The van der Waals surface area contributed by atoms with Crippen molar-refractivity contribution in [2.24, 2.45) is 0 Å². The number of hydrogen-bond donors (Lipinski definition) is 1. The Labute approximate surface area is 115 Å². The first kappa shape index (κ1) is 11.2. The van der Waals surface area contributed by atoms with E-state index in [2.05, 4.69) is 32.6 Å². The maximum Gasteiger partial charge on any atom is 0.236 e. The third-order valence-electron chi connectivity index (χ3n) is 3.49. The molecule has 1 atom stereocenters. The lowest BCUT2D eigenvalue weighted by molar-refractivity contribution is 0.371. The van der Waals surface area contributed by atoms with Crippen LogP contribution < -0.4 is 5.32 Å². The van der Waals surface area contributed by atoms with E-state index in [1.807, 2.05) is 24.3 Å². The standard InChI is InChI=1S/C15H12N4O/c1-2-6-13-11(5-1)12(9-17-13)15-18-14(19-20-15)10-4-3-7-16-8-10/h1-8,12,17H,9H2. The predicted octanol–water partition coefficient (Wildman–Crippen LogP) is 2.69. The Kier molecular flexibility index (Phi) is 2.48. The molecule has 3 heterocycles. The third-order valence-corrected chi connectivity index (χ3v) is 3.49. The van der Waals surface area contributed by atoms with E-state index < -0.39 is 0 Å². The molecule has 4 rings (SSSR count). The van der Waals surface area contributed by atoms with Crippen LogP contribution in [0, 0.1) is 0 Å². The molecule has 1 N–H and O–H groups in total. The zero-order valence-electron chi connectivity index (χ0n) is 10.7. The summed E-state index contributed by atoms with van der Waals surface area (Å²) in [5.41, 5.74) is 3.20. The monoisotopic (exact) mass is 264 g/mol. The Bertz CT molecular complexity index is 738. The molecule has 5 nitrogen and oxygen atoms in total. The summed E-state index contributed by atoms with van der Waals surface area (Å²) in [5, 5.41) is 7.41. The van der Waals surface area contributed by atoms with Crippen molar-refractivity contribution in [3.8, 4) is 11.4 Å². The molecular weight excluding hydrogens is 252 g/mol. The first-order valence-corrected chi connectivity index (χ1v) is 6.48. The first-order valence-electron chi connectivity index (χ1n) is 6.48. The van der Waals surface area contributed by atoms with E-state index in [1.54, 1.807) is 12.4 Å². The second kappa shape index (κ2) is 4.45. The molecule has 5 heteroatoms. The van der Waals surface area contributed by atoms with Crippen LogP contribution in [0.3, 0.4) is 0 Å². The smallest absolute Gasteiger partial charge is 0.236 e. The number of hydrogen-bond acceptors (Lipinski definition) is 5. The molecule has 0 bridgehead atoms. The summed E-state index contributed by atoms with van der Waals surface area (Å²) in [5.74, 6) is 1.34. The second-order valence-corrected chi connectivity index (χ2v) is 4.72. The summed E-state index contributed by atoms with van der Waals surface area (Å²) in [6.07, 6.45) is 3.46. The van der Waals surface area contributed by atoms with Gasteiger partial charge in [0, 0.05) is 30.2 Å². The number of aromatic nitrogens is 3. The number of anilines is 1. The Morgan fingerprint density at radius 1 is 1.15 bits per heavy atom. The van der Waals surface area contributed by atoms with Gasteiger partial charge >= 0.3 is 0 Å². The van der Waals surface area contributed by atoms with E-state index in [4.69, 9.17) is 4.52 Å². The molecule has 2 aromatic heterocycles. The Morgan fingerprint density at radius 2 is 2.10 bits per heavy atom. The molecule has 20 heavy (non-hydrogen) atoms. The Hall–Kier alpha value is -2.69. The summed E-state index contributed by atoms with van der Waals surface area (Å²) < 4.78 is 5.43. The molecule has 0 saturated heterocycles. The molecule has 1 aliphatic rings. The first-order chi connectivity index (χ1) is 9.92. The number of pyridine rings is 1. The molecule has 0 spiro atoms. The largest absolute Gasteiger partial charge is 0.384 e. The maximum atomic E-state index is 5.43. The lowest BCUT2D eigenvalue weighted by Crippen LogP contribution is -2.04. The number of benzene rings is 1. The van der Waals surface area contributed by atoms with E-state index in [0.29, 0.717) is 11.7 Å². The molecule has 0 fully saturated rings. The molecule has 1 aliphatic heterocycles. The van der Waals surface area contributed by atoms with E-state index in [0.717, 1.165) is 17.8 Å². The number of para-hydroxylation sites is 1. The topological polar surface area (TPSA) is 63.8 Å². The highest BCUT2D eigenvalue weighted by Gasteiger charge is 2.28. The fourth-order valence-corrected chi connectivity index (χ4v) is 2.49. The maximum absolute atomic E-state index is 5.43. The van der Waals surface area contributed by atoms with Crippen LogP contribution in [0.15, 0.2) is 53.3 Å². The van der Waals surface area contributed by atoms with Crippen molar-refractivity contribution in [2.75, 3.05) is 11.9 Å². The number of nitrogens with one attached hydrogen (secondary N) is 1. The van der Waals surface area contributed by atoms with Gasteiger partial charge in [-0.15, -0.1) is 0 Å². The number of rotatable bonds is 2. The van der Waals surface area contributed by atoms with Crippen LogP contribution in [0.1, 0.15) is 17.4 Å². The molecule has 0 amide bonds. The van der Waals surface area contributed by atoms with Gasteiger partial charge in [0.25, 0.3) is 0 Å². The second-order valence-electron chi connectivity index (χ2n) is 4.72. The average Bonchev–Trinajstić information content (AvgIpc) is 3.14. The van der Waals surface area contributed by atoms with Crippen LogP contribution in [0.5, 0.6) is 0 Å². The highest BCUT2D eigenvalue weighted by Crippen LogP contribution is 2.35. The van der Waals surface area contributed by atoms with Crippen molar-refractivity contribution >= 4 is 5.69 Å². The minimum atomic E-state index is 0.115. The van der Waals surface area contributed by atoms with Gasteiger partial charge in [0.2, 0.25) is 11.7 Å². The minimum absolute atomic E-state index is 0.115. The predicted molar refractivity (Wildman–Crippen MR) is 74.3 cm³/mol. The van der Waals surface area contributed by atoms with E-state index >= 15 is 0 Å². The molecule has 1 aromatic carbocycles. The van der Waals surface area contributed by atoms with Crippen molar-refractivity contribution in [1.82, 2.24) is 15.1 Å². The van der Waals surface area contributed by atoms with Crippen molar-refractivity contribution in [2.45, 2.75) is 5.92 Å². The van der Waals surface area contributed by atoms with Gasteiger partial charge in [0.1, 0.15) is 0 Å². The number of nitrogens with zero attached hydrogens (tertiary/aromatic N) is 3. The van der Waals surface area contributed by atoms with Gasteiger partial charge in [0.05, 0.1) is 5.92 Å². The minimum Gasteiger partial charge on any atom is -0.384 e. The van der Waals surface area contributed by atoms with Crippen LogP contribution in [0.2, 0.25) is 0 Å². The molecule has 1 unspecified atom stereocenters. The van der Waals surface area contributed by atoms with Gasteiger partial charge in [0.15, 0.2) is 0 Å². The van der Waals surface area contributed by atoms with Crippen LogP contribution in [-0.2, 0) is 0 Å². The fourth-order valence-electron chi connectivity index (χ4n) is 2.49. The lowest BCUT2D eigenvalue weighted by atomic mass is 10.0. The highest BCUT2D eigenvalue weighted by molar-refractivity contribution is 5.59. The Morgan fingerprint density at radius 3 is 3.00 bits per heavy atom. The quantitative estimate of drug-likeness (QED) is 0.771. The van der Waals surface area contributed by atoms with Gasteiger partial charge in [-0.05, 0) is 23.8 Å². The lowest BCUT2D eigenvalue weighted by Gasteiger charge is -2.02. The third kappa shape index (κ3) is 1.75.